The van der Waals surface area contributed by atoms with E-state index in [1.807, 2.05) is 32.0 Å². The molecule has 19 heavy (non-hydrogen) atoms. The van der Waals surface area contributed by atoms with Crippen LogP contribution in [0.2, 0.25) is 0 Å². The summed E-state index contributed by atoms with van der Waals surface area (Å²) in [5, 5.41) is 8.82. The normalized spacial score (nSPS) is 18.5. The molecule has 0 spiro atoms. The third-order valence-corrected chi connectivity index (χ3v) is 3.41. The molecule has 1 aliphatic rings. The molecule has 0 saturated carbocycles. The number of benzene rings is 1. The van der Waals surface area contributed by atoms with Crippen LogP contribution < -0.4 is 4.74 Å². The molecule has 0 N–H and O–H groups in total. The van der Waals surface area contributed by atoms with Gasteiger partial charge < -0.3 is 9.64 Å². The van der Waals surface area contributed by atoms with Gasteiger partial charge in [0, 0.05) is 13.0 Å². The number of nitrogens with zero attached hydrogens (tertiary/aromatic N) is 2. The molecule has 4 nitrogen and oxygen atoms in total. The number of carbonyl (C=O) groups is 1. The number of hydrogen-bond donors (Lipinski definition) is 0. The van der Waals surface area contributed by atoms with Crippen LogP contribution in [-0.4, -0.2) is 30.5 Å². The second-order valence-corrected chi connectivity index (χ2v) is 4.94. The third-order valence-electron chi connectivity index (χ3n) is 3.41. The summed E-state index contributed by atoms with van der Waals surface area (Å²) in [6.45, 7) is 5.57. The SMILES string of the molecule is Cc1cccc(C)c1OCCN1CC(C#N)CC1=O. The van der Waals surface area contributed by atoms with Crippen LogP contribution in [0.25, 0.3) is 0 Å². The van der Waals surface area contributed by atoms with Crippen molar-refractivity contribution in [2.24, 2.45) is 5.92 Å². The number of amides is 1. The summed E-state index contributed by atoms with van der Waals surface area (Å²) in [6.07, 6.45) is 0.347. The first kappa shape index (κ1) is 13.4. The third kappa shape index (κ3) is 3.05. The first-order chi connectivity index (χ1) is 9.11. The number of para-hydroxylation sites is 1. The summed E-state index contributed by atoms with van der Waals surface area (Å²) in [5.41, 5.74) is 2.20. The van der Waals surface area contributed by atoms with Crippen LogP contribution in [0.1, 0.15) is 17.5 Å². The van der Waals surface area contributed by atoms with Gasteiger partial charge in [0.15, 0.2) is 0 Å². The Bertz CT molecular complexity index is 499. The lowest BCUT2D eigenvalue weighted by atomic mass is 10.1. The highest BCUT2D eigenvalue weighted by molar-refractivity contribution is 5.79. The molecule has 0 aromatic heterocycles. The quantitative estimate of drug-likeness (QED) is 0.830. The standard InChI is InChI=1S/C15H18N2O2/c1-11-4-3-5-12(2)15(11)19-7-6-17-10-13(9-16)8-14(17)18/h3-5,13H,6-8,10H2,1-2H3. The first-order valence-electron chi connectivity index (χ1n) is 6.48. The van der Waals surface area contributed by atoms with Gasteiger partial charge in [0.05, 0.1) is 18.5 Å². The van der Waals surface area contributed by atoms with Crippen LogP contribution >= 0.6 is 0 Å². The minimum absolute atomic E-state index is 0.0525. The Labute approximate surface area is 113 Å². The van der Waals surface area contributed by atoms with E-state index >= 15 is 0 Å². The van der Waals surface area contributed by atoms with Crippen LogP contribution in [0, 0.1) is 31.1 Å². The molecule has 1 atom stereocenters. The second-order valence-electron chi connectivity index (χ2n) is 4.94. The lowest BCUT2D eigenvalue weighted by Gasteiger charge is -2.17. The van der Waals surface area contributed by atoms with Gasteiger partial charge in [-0.25, -0.2) is 0 Å². The Morgan fingerprint density at radius 1 is 1.42 bits per heavy atom. The highest BCUT2D eigenvalue weighted by atomic mass is 16.5. The zero-order valence-electron chi connectivity index (χ0n) is 11.3. The highest BCUT2D eigenvalue weighted by Gasteiger charge is 2.29. The van der Waals surface area contributed by atoms with Gasteiger partial charge in [0.25, 0.3) is 0 Å². The average molecular weight is 258 g/mol. The molecule has 2 rings (SSSR count). The predicted octanol–water partition coefficient (Wildman–Crippen LogP) is 2.05. The van der Waals surface area contributed by atoms with Crippen molar-refractivity contribution < 1.29 is 9.53 Å². The van der Waals surface area contributed by atoms with Crippen molar-refractivity contribution in [3.8, 4) is 11.8 Å². The molecule has 1 fully saturated rings. The Morgan fingerprint density at radius 3 is 2.68 bits per heavy atom. The summed E-state index contributed by atoms with van der Waals surface area (Å²) >= 11 is 0. The topological polar surface area (TPSA) is 53.3 Å². The Morgan fingerprint density at radius 2 is 2.11 bits per heavy atom. The van der Waals surface area contributed by atoms with Gasteiger partial charge in [-0.05, 0) is 25.0 Å². The average Bonchev–Trinajstić information content (AvgIpc) is 2.74. The molecule has 1 aliphatic heterocycles. The summed E-state index contributed by atoms with van der Waals surface area (Å²) in [6, 6.07) is 8.16. The van der Waals surface area contributed by atoms with E-state index < -0.39 is 0 Å². The van der Waals surface area contributed by atoms with Crippen LogP contribution in [0.15, 0.2) is 18.2 Å². The summed E-state index contributed by atoms with van der Waals surface area (Å²) in [4.78, 5) is 13.3. The van der Waals surface area contributed by atoms with E-state index in [0.717, 1.165) is 16.9 Å². The molecule has 0 aliphatic carbocycles. The van der Waals surface area contributed by atoms with Crippen molar-refractivity contribution >= 4 is 5.91 Å². The van der Waals surface area contributed by atoms with Crippen molar-refractivity contribution in [1.82, 2.24) is 4.90 Å². The molecule has 0 bridgehead atoms. The summed E-state index contributed by atoms with van der Waals surface area (Å²) in [5.74, 6) is 0.787. The van der Waals surface area contributed by atoms with E-state index in [-0.39, 0.29) is 11.8 Å². The molecule has 1 aromatic carbocycles. The first-order valence-corrected chi connectivity index (χ1v) is 6.48. The number of hydrogen-bond acceptors (Lipinski definition) is 3. The molecule has 1 aromatic rings. The van der Waals surface area contributed by atoms with Crippen LogP contribution in [-0.2, 0) is 4.79 Å². The zero-order valence-corrected chi connectivity index (χ0v) is 11.3. The maximum absolute atomic E-state index is 11.6. The molecule has 1 unspecified atom stereocenters. The van der Waals surface area contributed by atoms with Crippen molar-refractivity contribution in [3.05, 3.63) is 29.3 Å². The summed E-state index contributed by atoms with van der Waals surface area (Å²) < 4.78 is 5.77. The fourth-order valence-electron chi connectivity index (χ4n) is 2.36. The minimum Gasteiger partial charge on any atom is -0.491 e. The maximum Gasteiger partial charge on any atom is 0.224 e. The molecule has 100 valence electrons. The van der Waals surface area contributed by atoms with Crippen molar-refractivity contribution in [2.45, 2.75) is 20.3 Å². The monoisotopic (exact) mass is 258 g/mol. The van der Waals surface area contributed by atoms with Crippen LogP contribution in [0.4, 0.5) is 0 Å². The summed E-state index contributed by atoms with van der Waals surface area (Å²) in [7, 11) is 0. The van der Waals surface area contributed by atoms with Gasteiger partial charge in [-0.1, -0.05) is 18.2 Å². The van der Waals surface area contributed by atoms with E-state index in [2.05, 4.69) is 6.07 Å². The van der Waals surface area contributed by atoms with Gasteiger partial charge in [0.2, 0.25) is 5.91 Å². The number of ether oxygens (including phenoxy) is 1. The predicted molar refractivity (Wildman–Crippen MR) is 71.7 cm³/mol. The second kappa shape index (κ2) is 5.75. The zero-order chi connectivity index (χ0) is 13.8. The molecule has 1 amide bonds. The molecular weight excluding hydrogens is 240 g/mol. The number of nitriles is 1. The van der Waals surface area contributed by atoms with Crippen molar-refractivity contribution in [3.63, 3.8) is 0 Å². The molecule has 0 radical (unpaired) electrons. The molecule has 1 saturated heterocycles. The fourth-order valence-corrected chi connectivity index (χ4v) is 2.36. The van der Waals surface area contributed by atoms with E-state index in [1.54, 1.807) is 4.90 Å². The largest absolute Gasteiger partial charge is 0.491 e. The lowest BCUT2D eigenvalue weighted by Crippen LogP contribution is -2.30. The molecule has 4 heteroatoms. The van der Waals surface area contributed by atoms with E-state index in [1.165, 1.54) is 0 Å². The number of aryl methyl sites for hydroxylation is 2. The molecule has 1 heterocycles. The number of carbonyl (C=O) groups excluding carboxylic acids is 1. The number of rotatable bonds is 4. The Hall–Kier alpha value is -2.02. The van der Waals surface area contributed by atoms with E-state index in [0.29, 0.717) is 26.1 Å². The maximum atomic E-state index is 11.6. The minimum atomic E-state index is -0.160. The van der Waals surface area contributed by atoms with Crippen LogP contribution in [0.3, 0.4) is 0 Å². The van der Waals surface area contributed by atoms with Gasteiger partial charge in [-0.3, -0.25) is 4.79 Å². The van der Waals surface area contributed by atoms with Gasteiger partial charge in [-0.2, -0.15) is 5.26 Å². The van der Waals surface area contributed by atoms with Crippen molar-refractivity contribution in [1.29, 1.82) is 5.26 Å². The highest BCUT2D eigenvalue weighted by Crippen LogP contribution is 2.22. The van der Waals surface area contributed by atoms with Gasteiger partial charge >= 0.3 is 0 Å². The van der Waals surface area contributed by atoms with Gasteiger partial charge in [0.1, 0.15) is 12.4 Å². The Kier molecular flexibility index (Phi) is 4.06. The van der Waals surface area contributed by atoms with Crippen molar-refractivity contribution in [2.75, 3.05) is 19.7 Å². The van der Waals surface area contributed by atoms with Crippen LogP contribution in [0.5, 0.6) is 5.75 Å². The lowest BCUT2D eigenvalue weighted by molar-refractivity contribution is -0.128. The van der Waals surface area contributed by atoms with E-state index in [4.69, 9.17) is 10.00 Å². The van der Waals surface area contributed by atoms with Gasteiger partial charge in [-0.15, -0.1) is 0 Å². The van der Waals surface area contributed by atoms with E-state index in [9.17, 15) is 4.79 Å². The fraction of sp³-hybridized carbons (Fsp3) is 0.467. The molecular formula is C15H18N2O2. The Balaban J connectivity index is 1.88. The number of likely N-dealkylation sites (tertiary alicyclic amines) is 1. The smallest absolute Gasteiger partial charge is 0.224 e.